The van der Waals surface area contributed by atoms with Crippen LogP contribution in [0.1, 0.15) is 68.7 Å². The fourth-order valence-electron chi connectivity index (χ4n) is 6.76. The Morgan fingerprint density at radius 1 is 1.14 bits per heavy atom. The van der Waals surface area contributed by atoms with Crippen LogP contribution < -0.4 is 10.6 Å². The SMILES string of the molecule is CCCNC(=O)Nc1nc(C23CC4CC(CC(c5ccc(C)cc5)(C4)C2)C3)cs1. The van der Waals surface area contributed by atoms with E-state index in [0.717, 1.165) is 23.4 Å². The number of hydrogen-bond donors (Lipinski definition) is 2. The highest BCUT2D eigenvalue weighted by Crippen LogP contribution is 2.66. The highest BCUT2D eigenvalue weighted by molar-refractivity contribution is 7.13. The van der Waals surface area contributed by atoms with E-state index in [1.165, 1.54) is 55.3 Å². The number of urea groups is 1. The maximum atomic E-state index is 12.0. The molecule has 2 atom stereocenters. The van der Waals surface area contributed by atoms with Crippen molar-refractivity contribution in [2.45, 2.75) is 69.6 Å². The van der Waals surface area contributed by atoms with Crippen LogP contribution in [0.15, 0.2) is 29.6 Å². The largest absolute Gasteiger partial charge is 0.338 e. The highest BCUT2D eigenvalue weighted by atomic mass is 32.1. The van der Waals surface area contributed by atoms with Crippen LogP contribution in [0.5, 0.6) is 0 Å². The van der Waals surface area contributed by atoms with Gasteiger partial charge in [0.05, 0.1) is 5.69 Å². The number of amides is 2. The molecule has 2 aromatic rings. The predicted octanol–water partition coefficient (Wildman–Crippen LogP) is 5.77. The second kappa shape index (κ2) is 7.12. The van der Waals surface area contributed by atoms with Gasteiger partial charge in [-0.1, -0.05) is 36.8 Å². The van der Waals surface area contributed by atoms with Crippen LogP contribution >= 0.6 is 11.3 Å². The zero-order chi connectivity index (χ0) is 20.1. The maximum absolute atomic E-state index is 12.0. The quantitative estimate of drug-likeness (QED) is 0.658. The highest BCUT2D eigenvalue weighted by Gasteiger charge is 2.59. The molecular weight excluding hydrogens is 378 g/mol. The number of hydrogen-bond acceptors (Lipinski definition) is 3. The predicted molar refractivity (Wildman–Crippen MR) is 119 cm³/mol. The van der Waals surface area contributed by atoms with Crippen LogP contribution in [-0.4, -0.2) is 17.6 Å². The number of carbonyl (C=O) groups excluding carboxylic acids is 1. The van der Waals surface area contributed by atoms with Crippen molar-refractivity contribution in [2.24, 2.45) is 11.8 Å². The molecule has 1 aromatic carbocycles. The topological polar surface area (TPSA) is 54.0 Å². The van der Waals surface area contributed by atoms with E-state index in [0.29, 0.717) is 12.0 Å². The van der Waals surface area contributed by atoms with Crippen molar-refractivity contribution in [2.75, 3.05) is 11.9 Å². The van der Waals surface area contributed by atoms with E-state index in [2.05, 4.69) is 54.1 Å². The first kappa shape index (κ1) is 19.1. The van der Waals surface area contributed by atoms with Gasteiger partial charge in [0.1, 0.15) is 0 Å². The molecule has 4 nitrogen and oxygen atoms in total. The molecule has 29 heavy (non-hydrogen) atoms. The Hall–Kier alpha value is -1.88. The molecule has 0 radical (unpaired) electrons. The van der Waals surface area contributed by atoms with E-state index in [9.17, 15) is 4.79 Å². The van der Waals surface area contributed by atoms with Gasteiger partial charge in [-0.25, -0.2) is 9.78 Å². The summed E-state index contributed by atoms with van der Waals surface area (Å²) in [4.78, 5) is 17.0. The number of nitrogens with zero attached hydrogens (tertiary/aromatic N) is 1. The summed E-state index contributed by atoms with van der Waals surface area (Å²) in [5.41, 5.74) is 4.59. The Balaban J connectivity index is 1.42. The molecule has 4 bridgehead atoms. The molecule has 6 rings (SSSR count). The zero-order valence-corrected chi connectivity index (χ0v) is 18.3. The number of thiazole rings is 1. The third-order valence-electron chi connectivity index (χ3n) is 7.53. The average molecular weight is 410 g/mol. The Morgan fingerprint density at radius 3 is 2.52 bits per heavy atom. The van der Waals surface area contributed by atoms with Gasteiger partial charge in [-0.05, 0) is 74.7 Å². The molecule has 2 N–H and O–H groups in total. The van der Waals surface area contributed by atoms with Gasteiger partial charge in [-0.2, -0.15) is 0 Å². The van der Waals surface area contributed by atoms with Gasteiger partial charge < -0.3 is 5.32 Å². The van der Waals surface area contributed by atoms with Crippen LogP contribution in [0.2, 0.25) is 0 Å². The summed E-state index contributed by atoms with van der Waals surface area (Å²) in [6, 6.07) is 9.17. The molecule has 1 heterocycles. The summed E-state index contributed by atoms with van der Waals surface area (Å²) < 4.78 is 0. The summed E-state index contributed by atoms with van der Waals surface area (Å²) >= 11 is 1.57. The summed E-state index contributed by atoms with van der Waals surface area (Å²) in [5, 5.41) is 8.75. The summed E-state index contributed by atoms with van der Waals surface area (Å²) in [6.07, 6.45) is 8.74. The van der Waals surface area contributed by atoms with E-state index >= 15 is 0 Å². The standard InChI is InChI=1S/C24H31N3OS/c1-3-8-25-21(28)27-22-26-20(14-29-22)24-12-17-9-18(13-24)11-23(10-17,15-24)19-6-4-16(2)5-7-19/h4-7,14,17-18H,3,8-13,15H2,1-2H3,(H2,25,26,27,28). The van der Waals surface area contributed by atoms with Gasteiger partial charge in [0.25, 0.3) is 0 Å². The smallest absolute Gasteiger partial charge is 0.321 e. The molecule has 154 valence electrons. The number of rotatable bonds is 5. The molecule has 2 unspecified atom stereocenters. The first-order valence-corrected chi connectivity index (χ1v) is 12.0. The van der Waals surface area contributed by atoms with Crippen molar-refractivity contribution in [1.29, 1.82) is 0 Å². The Morgan fingerprint density at radius 2 is 1.83 bits per heavy atom. The number of carbonyl (C=O) groups is 1. The number of aromatic nitrogens is 1. The van der Waals surface area contributed by atoms with Gasteiger partial charge in [0, 0.05) is 17.3 Å². The number of anilines is 1. The van der Waals surface area contributed by atoms with E-state index in [-0.39, 0.29) is 11.4 Å². The van der Waals surface area contributed by atoms with Gasteiger partial charge in [-0.15, -0.1) is 11.3 Å². The van der Waals surface area contributed by atoms with Crippen LogP contribution in [-0.2, 0) is 10.8 Å². The average Bonchev–Trinajstić information content (AvgIpc) is 3.15. The molecule has 0 aliphatic heterocycles. The fraction of sp³-hybridized carbons (Fsp3) is 0.583. The van der Waals surface area contributed by atoms with Crippen molar-refractivity contribution in [3.05, 3.63) is 46.5 Å². The minimum Gasteiger partial charge on any atom is -0.338 e. The molecule has 2 amide bonds. The van der Waals surface area contributed by atoms with Crippen molar-refractivity contribution in [1.82, 2.24) is 10.3 Å². The first-order chi connectivity index (χ1) is 14.0. The van der Waals surface area contributed by atoms with Crippen LogP contribution in [0.25, 0.3) is 0 Å². The van der Waals surface area contributed by atoms with Gasteiger partial charge in [-0.3, -0.25) is 5.32 Å². The lowest BCUT2D eigenvalue weighted by Gasteiger charge is -2.62. The summed E-state index contributed by atoms with van der Waals surface area (Å²) in [5.74, 6) is 1.62. The molecule has 4 fully saturated rings. The van der Waals surface area contributed by atoms with Crippen LogP contribution in [0, 0.1) is 18.8 Å². The van der Waals surface area contributed by atoms with E-state index in [4.69, 9.17) is 4.98 Å². The van der Waals surface area contributed by atoms with Crippen LogP contribution in [0.3, 0.4) is 0 Å². The molecule has 4 saturated carbocycles. The summed E-state index contributed by atoms with van der Waals surface area (Å²) in [7, 11) is 0. The Labute approximate surface area is 177 Å². The third kappa shape index (κ3) is 3.37. The minimum atomic E-state index is -0.144. The van der Waals surface area contributed by atoms with Crippen molar-refractivity contribution in [3.8, 4) is 0 Å². The number of aryl methyl sites for hydroxylation is 1. The number of nitrogens with one attached hydrogen (secondary N) is 2. The molecule has 4 aliphatic rings. The monoisotopic (exact) mass is 409 g/mol. The zero-order valence-electron chi connectivity index (χ0n) is 17.5. The molecular formula is C24H31N3OS. The van der Waals surface area contributed by atoms with Crippen molar-refractivity contribution >= 4 is 22.5 Å². The maximum Gasteiger partial charge on any atom is 0.321 e. The van der Waals surface area contributed by atoms with E-state index < -0.39 is 0 Å². The van der Waals surface area contributed by atoms with Gasteiger partial charge in [0.2, 0.25) is 0 Å². The van der Waals surface area contributed by atoms with Gasteiger partial charge in [0.15, 0.2) is 5.13 Å². The second-order valence-electron chi connectivity index (χ2n) is 9.81. The Kier molecular flexibility index (Phi) is 4.69. The molecule has 4 aliphatic carbocycles. The molecule has 1 aromatic heterocycles. The number of benzene rings is 1. The molecule has 5 heteroatoms. The Bertz CT molecular complexity index is 889. The fourth-order valence-corrected chi connectivity index (χ4v) is 7.59. The second-order valence-corrected chi connectivity index (χ2v) is 10.7. The lowest BCUT2D eigenvalue weighted by Crippen LogP contribution is -2.56. The van der Waals surface area contributed by atoms with Gasteiger partial charge >= 0.3 is 6.03 Å². The van der Waals surface area contributed by atoms with E-state index in [1.54, 1.807) is 11.3 Å². The lowest BCUT2D eigenvalue weighted by atomic mass is 9.42. The minimum absolute atomic E-state index is 0.144. The van der Waals surface area contributed by atoms with E-state index in [1.807, 2.05) is 0 Å². The molecule has 0 spiro atoms. The lowest BCUT2D eigenvalue weighted by molar-refractivity contribution is -0.0296. The van der Waals surface area contributed by atoms with Crippen LogP contribution in [0.4, 0.5) is 9.93 Å². The first-order valence-electron chi connectivity index (χ1n) is 11.1. The normalized spacial score (nSPS) is 32.3. The van der Waals surface area contributed by atoms with Crippen molar-refractivity contribution in [3.63, 3.8) is 0 Å². The summed E-state index contributed by atoms with van der Waals surface area (Å²) in [6.45, 7) is 4.92. The van der Waals surface area contributed by atoms with Crippen molar-refractivity contribution < 1.29 is 4.79 Å². The molecule has 0 saturated heterocycles. The third-order valence-corrected chi connectivity index (χ3v) is 8.29.